The van der Waals surface area contributed by atoms with Gasteiger partial charge >= 0.3 is 0 Å². The van der Waals surface area contributed by atoms with Crippen molar-refractivity contribution in [1.82, 2.24) is 9.97 Å². The van der Waals surface area contributed by atoms with Crippen LogP contribution in [0.4, 0.5) is 11.5 Å². The van der Waals surface area contributed by atoms with Gasteiger partial charge in [-0.2, -0.15) is 4.98 Å². The molecule has 0 saturated carbocycles. The van der Waals surface area contributed by atoms with Crippen LogP contribution >= 0.6 is 0 Å². The molecule has 0 spiro atoms. The molecule has 0 radical (unpaired) electrons. The van der Waals surface area contributed by atoms with Crippen LogP contribution in [-0.4, -0.2) is 34.3 Å². The maximum atomic E-state index is 9.80. The summed E-state index contributed by atoms with van der Waals surface area (Å²) < 4.78 is 5.42. The quantitative estimate of drug-likeness (QED) is 0.664. The Bertz CT molecular complexity index is 385. The molecule has 0 aromatic carbocycles. The molecule has 19 heavy (non-hydrogen) atoms. The number of anilines is 2. The lowest BCUT2D eigenvalue weighted by molar-refractivity contribution is 0.161. The Morgan fingerprint density at radius 1 is 1.42 bits per heavy atom. The number of aliphatic hydroxyl groups excluding tert-OH is 1. The molecule has 0 aliphatic rings. The van der Waals surface area contributed by atoms with Gasteiger partial charge in [0.1, 0.15) is 12.0 Å². The summed E-state index contributed by atoms with van der Waals surface area (Å²) in [6.07, 6.45) is 2.60. The Kier molecular flexibility index (Phi) is 6.35. The smallest absolute Gasteiger partial charge is 0.242 e. The van der Waals surface area contributed by atoms with Crippen LogP contribution in [0.3, 0.4) is 0 Å². The van der Waals surface area contributed by atoms with E-state index in [9.17, 15) is 5.11 Å². The lowest BCUT2D eigenvalue weighted by Crippen LogP contribution is -2.22. The van der Waals surface area contributed by atoms with Gasteiger partial charge in [-0.05, 0) is 18.8 Å². The number of nitrogens with two attached hydrogens (primary N) is 1. The molecule has 0 fully saturated rings. The first kappa shape index (κ1) is 15.5. The first-order chi connectivity index (χ1) is 9.04. The van der Waals surface area contributed by atoms with E-state index in [4.69, 9.17) is 10.5 Å². The molecule has 6 nitrogen and oxygen atoms in total. The van der Waals surface area contributed by atoms with Crippen LogP contribution in [0.15, 0.2) is 6.33 Å². The zero-order valence-electron chi connectivity index (χ0n) is 11.9. The third-order valence-electron chi connectivity index (χ3n) is 2.54. The van der Waals surface area contributed by atoms with Gasteiger partial charge < -0.3 is 20.9 Å². The van der Waals surface area contributed by atoms with Crippen LogP contribution in [0.5, 0.6) is 5.88 Å². The molecule has 108 valence electrons. The number of nitrogen functional groups attached to an aromatic ring is 1. The Hall–Kier alpha value is -1.56. The number of aliphatic hydroxyl groups is 1. The van der Waals surface area contributed by atoms with Gasteiger partial charge in [-0.3, -0.25) is 0 Å². The second kappa shape index (κ2) is 7.78. The van der Waals surface area contributed by atoms with E-state index in [0.717, 1.165) is 12.8 Å². The van der Waals surface area contributed by atoms with Crippen molar-refractivity contribution in [3.63, 3.8) is 0 Å². The van der Waals surface area contributed by atoms with Gasteiger partial charge in [0.05, 0.1) is 12.7 Å². The fourth-order valence-electron chi connectivity index (χ4n) is 1.68. The first-order valence-electron chi connectivity index (χ1n) is 6.69. The fraction of sp³-hybridized carbons (Fsp3) is 0.692. The van der Waals surface area contributed by atoms with Crippen LogP contribution in [0, 0.1) is 5.92 Å². The van der Waals surface area contributed by atoms with E-state index in [-0.39, 0.29) is 0 Å². The minimum Gasteiger partial charge on any atom is -0.476 e. The van der Waals surface area contributed by atoms with Crippen molar-refractivity contribution >= 4 is 11.5 Å². The van der Waals surface area contributed by atoms with Crippen LogP contribution in [0.2, 0.25) is 0 Å². The number of nitrogens with one attached hydrogen (secondary N) is 1. The summed E-state index contributed by atoms with van der Waals surface area (Å²) in [7, 11) is 0. The lowest BCUT2D eigenvalue weighted by atomic mass is 10.1. The van der Waals surface area contributed by atoms with Gasteiger partial charge in [0, 0.05) is 6.54 Å². The number of ether oxygens (including phenoxy) is 1. The minimum absolute atomic E-state index is 0.382. The molecule has 1 aromatic rings. The molecule has 0 amide bonds. The number of hydrogen-bond donors (Lipinski definition) is 3. The van der Waals surface area contributed by atoms with Gasteiger partial charge in [0.15, 0.2) is 5.82 Å². The van der Waals surface area contributed by atoms with E-state index in [2.05, 4.69) is 29.1 Å². The molecule has 0 aliphatic carbocycles. The predicted octanol–water partition coefficient (Wildman–Crippen LogP) is 1.67. The first-order valence-corrected chi connectivity index (χ1v) is 6.69. The van der Waals surface area contributed by atoms with Gasteiger partial charge in [-0.1, -0.05) is 20.8 Å². The van der Waals surface area contributed by atoms with Crippen molar-refractivity contribution in [3.8, 4) is 5.88 Å². The molecule has 0 aliphatic heterocycles. The summed E-state index contributed by atoms with van der Waals surface area (Å²) in [5.41, 5.74) is 6.30. The van der Waals surface area contributed by atoms with Gasteiger partial charge in [0.2, 0.25) is 5.88 Å². The van der Waals surface area contributed by atoms with Gasteiger partial charge in [-0.15, -0.1) is 0 Å². The fourth-order valence-corrected chi connectivity index (χ4v) is 1.68. The summed E-state index contributed by atoms with van der Waals surface area (Å²) >= 11 is 0. The molecular weight excluding hydrogens is 244 g/mol. The van der Waals surface area contributed by atoms with Crippen molar-refractivity contribution in [2.24, 2.45) is 5.92 Å². The van der Waals surface area contributed by atoms with Crippen LogP contribution < -0.4 is 15.8 Å². The van der Waals surface area contributed by atoms with E-state index >= 15 is 0 Å². The summed E-state index contributed by atoms with van der Waals surface area (Å²) in [5.74, 6) is 1.34. The highest BCUT2D eigenvalue weighted by atomic mass is 16.5. The van der Waals surface area contributed by atoms with Crippen LogP contribution in [-0.2, 0) is 0 Å². The molecule has 1 unspecified atom stereocenters. The third-order valence-corrected chi connectivity index (χ3v) is 2.54. The van der Waals surface area contributed by atoms with E-state index in [1.807, 2.05) is 6.92 Å². The molecular formula is C13H24N4O2. The molecule has 1 heterocycles. The Morgan fingerprint density at radius 2 is 2.16 bits per heavy atom. The third kappa shape index (κ3) is 5.30. The summed E-state index contributed by atoms with van der Waals surface area (Å²) in [6, 6.07) is 0. The highest BCUT2D eigenvalue weighted by Crippen LogP contribution is 2.24. The van der Waals surface area contributed by atoms with Crippen LogP contribution in [0.1, 0.15) is 33.6 Å². The zero-order chi connectivity index (χ0) is 14.3. The van der Waals surface area contributed by atoms with E-state index in [1.165, 1.54) is 6.33 Å². The molecule has 6 heteroatoms. The predicted molar refractivity (Wildman–Crippen MR) is 76.2 cm³/mol. The van der Waals surface area contributed by atoms with Gasteiger partial charge in [-0.25, -0.2) is 4.98 Å². The van der Waals surface area contributed by atoms with Crippen LogP contribution in [0.25, 0.3) is 0 Å². The van der Waals surface area contributed by atoms with Crippen molar-refractivity contribution in [1.29, 1.82) is 0 Å². The monoisotopic (exact) mass is 268 g/mol. The Morgan fingerprint density at radius 3 is 2.79 bits per heavy atom. The van der Waals surface area contributed by atoms with E-state index in [0.29, 0.717) is 36.5 Å². The second-order valence-corrected chi connectivity index (χ2v) is 4.95. The topological polar surface area (TPSA) is 93.3 Å². The maximum absolute atomic E-state index is 9.80. The molecule has 1 rings (SSSR count). The normalized spacial score (nSPS) is 12.5. The second-order valence-electron chi connectivity index (χ2n) is 4.95. The molecule has 1 aromatic heterocycles. The van der Waals surface area contributed by atoms with Crippen molar-refractivity contribution in [2.75, 3.05) is 24.2 Å². The number of aromatic nitrogens is 2. The molecule has 0 saturated heterocycles. The van der Waals surface area contributed by atoms with Crippen molar-refractivity contribution < 1.29 is 9.84 Å². The number of nitrogens with zero attached hydrogens (tertiary/aromatic N) is 2. The standard InChI is InChI=1S/C13H24N4O2/c1-4-5-19-13-11(14)12(16-8-17-13)15-7-10(18)6-9(2)3/h8-10,18H,4-7,14H2,1-3H3,(H,15,16,17). The van der Waals surface area contributed by atoms with Crippen molar-refractivity contribution in [3.05, 3.63) is 6.33 Å². The minimum atomic E-state index is -0.422. The largest absolute Gasteiger partial charge is 0.476 e. The summed E-state index contributed by atoms with van der Waals surface area (Å²) in [4.78, 5) is 8.05. The molecule has 4 N–H and O–H groups in total. The number of rotatable bonds is 8. The Labute approximate surface area is 114 Å². The SMILES string of the molecule is CCCOc1ncnc(NCC(O)CC(C)C)c1N. The lowest BCUT2D eigenvalue weighted by Gasteiger charge is -2.15. The summed E-state index contributed by atoms with van der Waals surface area (Å²) in [6.45, 7) is 7.12. The average molecular weight is 268 g/mol. The average Bonchev–Trinajstić information content (AvgIpc) is 2.35. The Balaban J connectivity index is 2.58. The van der Waals surface area contributed by atoms with Crippen molar-refractivity contribution in [2.45, 2.75) is 39.7 Å². The van der Waals surface area contributed by atoms with E-state index < -0.39 is 6.10 Å². The molecule has 0 bridgehead atoms. The highest BCUT2D eigenvalue weighted by Gasteiger charge is 2.11. The van der Waals surface area contributed by atoms with Gasteiger partial charge in [0.25, 0.3) is 0 Å². The number of hydrogen-bond acceptors (Lipinski definition) is 6. The maximum Gasteiger partial charge on any atom is 0.242 e. The summed E-state index contributed by atoms with van der Waals surface area (Å²) in [5, 5.41) is 12.8. The highest BCUT2D eigenvalue weighted by molar-refractivity contribution is 5.66. The zero-order valence-corrected chi connectivity index (χ0v) is 11.9. The van der Waals surface area contributed by atoms with E-state index in [1.54, 1.807) is 0 Å². The molecule has 1 atom stereocenters.